The molecule has 4 rings (SSSR count). The highest BCUT2D eigenvalue weighted by Crippen LogP contribution is 2.40. The van der Waals surface area contributed by atoms with Crippen LogP contribution < -0.4 is 10.1 Å². The second-order valence-electron chi connectivity index (χ2n) is 7.54. The molecule has 2 aliphatic rings. The first kappa shape index (κ1) is 20.8. The Labute approximate surface area is 174 Å². The molecule has 1 N–H and O–H groups in total. The second kappa shape index (κ2) is 8.33. The summed E-state index contributed by atoms with van der Waals surface area (Å²) >= 11 is 0. The Kier molecular flexibility index (Phi) is 5.77. The average Bonchev–Trinajstić information content (AvgIpc) is 3.48. The Hall–Kier alpha value is -2.49. The third-order valence-corrected chi connectivity index (χ3v) is 7.20. The van der Waals surface area contributed by atoms with Crippen molar-refractivity contribution in [3.05, 3.63) is 48.3 Å². The van der Waals surface area contributed by atoms with Gasteiger partial charge in [0.1, 0.15) is 11.6 Å². The number of carbonyl (C=O) groups excluding carboxylic acids is 1. The molecule has 2 aromatic rings. The molecule has 0 bridgehead atoms. The van der Waals surface area contributed by atoms with Crippen LogP contribution in [0.25, 0.3) is 0 Å². The predicted molar refractivity (Wildman–Crippen MR) is 108 cm³/mol. The van der Waals surface area contributed by atoms with E-state index in [2.05, 4.69) is 5.32 Å². The molecule has 2 fully saturated rings. The SMILES string of the molecule is C[C@H]1C[C@@H]1C(=O)Nc1cc(S(=O)(=O)N2CCOCC2)ccc1Oc1ccc(F)cc1. The standard InChI is InChI=1S/C21H23FN2O5S/c1-14-12-18(14)21(25)23-19-13-17(30(26,27)24-8-10-28-11-9-24)6-7-20(19)29-16-4-2-15(22)3-5-16/h2-7,13-14,18H,8-12H2,1H3,(H,23,25)/t14-,18-/m0/s1. The summed E-state index contributed by atoms with van der Waals surface area (Å²) in [7, 11) is -3.73. The fraction of sp³-hybridized carbons (Fsp3) is 0.381. The van der Waals surface area contributed by atoms with Gasteiger partial charge in [0.05, 0.1) is 23.8 Å². The maximum absolute atomic E-state index is 13.2. The highest BCUT2D eigenvalue weighted by molar-refractivity contribution is 7.89. The first-order valence-corrected chi connectivity index (χ1v) is 11.2. The average molecular weight is 434 g/mol. The first-order valence-electron chi connectivity index (χ1n) is 9.81. The zero-order chi connectivity index (χ0) is 21.3. The van der Waals surface area contributed by atoms with Crippen LogP contribution in [-0.2, 0) is 19.6 Å². The monoisotopic (exact) mass is 434 g/mol. The number of hydrogen-bond donors (Lipinski definition) is 1. The van der Waals surface area contributed by atoms with E-state index in [1.165, 1.54) is 46.8 Å². The van der Waals surface area contributed by atoms with E-state index >= 15 is 0 Å². The van der Waals surface area contributed by atoms with E-state index < -0.39 is 15.8 Å². The Morgan fingerprint density at radius 3 is 2.47 bits per heavy atom. The number of sulfonamides is 1. The number of amides is 1. The van der Waals surface area contributed by atoms with Crippen molar-refractivity contribution < 1.29 is 27.1 Å². The van der Waals surface area contributed by atoms with Crippen molar-refractivity contribution in [2.24, 2.45) is 11.8 Å². The molecule has 1 saturated heterocycles. The quantitative estimate of drug-likeness (QED) is 0.755. The molecule has 30 heavy (non-hydrogen) atoms. The zero-order valence-electron chi connectivity index (χ0n) is 16.5. The summed E-state index contributed by atoms with van der Waals surface area (Å²) in [6.45, 7) is 3.22. The molecule has 1 amide bonds. The van der Waals surface area contributed by atoms with Crippen LogP contribution >= 0.6 is 0 Å². The minimum absolute atomic E-state index is 0.0648. The van der Waals surface area contributed by atoms with Gasteiger partial charge in [-0.05, 0) is 54.8 Å². The van der Waals surface area contributed by atoms with Crippen LogP contribution in [0.2, 0.25) is 0 Å². The number of anilines is 1. The van der Waals surface area contributed by atoms with E-state index in [-0.39, 0.29) is 41.2 Å². The highest BCUT2D eigenvalue weighted by atomic mass is 32.2. The third kappa shape index (κ3) is 4.48. The summed E-state index contributed by atoms with van der Waals surface area (Å²) in [6.07, 6.45) is 0.797. The molecular weight excluding hydrogens is 411 g/mol. The number of morpholine rings is 1. The van der Waals surface area contributed by atoms with Gasteiger partial charge < -0.3 is 14.8 Å². The highest BCUT2D eigenvalue weighted by Gasteiger charge is 2.39. The van der Waals surface area contributed by atoms with Crippen molar-refractivity contribution in [1.82, 2.24) is 4.31 Å². The van der Waals surface area contributed by atoms with Crippen molar-refractivity contribution in [2.45, 2.75) is 18.2 Å². The van der Waals surface area contributed by atoms with Gasteiger partial charge in [-0.1, -0.05) is 6.92 Å². The second-order valence-corrected chi connectivity index (χ2v) is 9.48. The number of nitrogens with zero attached hydrogens (tertiary/aromatic N) is 1. The molecule has 1 aliphatic carbocycles. The van der Waals surface area contributed by atoms with Gasteiger partial charge in [-0.15, -0.1) is 0 Å². The molecule has 0 radical (unpaired) electrons. The maximum atomic E-state index is 13.2. The normalized spacial score (nSPS) is 21.8. The number of ether oxygens (including phenoxy) is 2. The van der Waals surface area contributed by atoms with Crippen molar-refractivity contribution in [3.8, 4) is 11.5 Å². The predicted octanol–water partition coefficient (Wildman–Crippen LogP) is 3.23. The van der Waals surface area contributed by atoms with Gasteiger partial charge in [-0.25, -0.2) is 12.8 Å². The largest absolute Gasteiger partial charge is 0.455 e. The maximum Gasteiger partial charge on any atom is 0.243 e. The lowest BCUT2D eigenvalue weighted by molar-refractivity contribution is -0.117. The van der Waals surface area contributed by atoms with Crippen LogP contribution in [0.4, 0.5) is 10.1 Å². The summed E-state index contributed by atoms with van der Waals surface area (Å²) in [5.74, 6) is 0.285. The molecule has 1 saturated carbocycles. The zero-order valence-corrected chi connectivity index (χ0v) is 17.3. The van der Waals surface area contributed by atoms with Crippen LogP contribution in [0.15, 0.2) is 47.4 Å². The molecule has 2 atom stereocenters. The van der Waals surface area contributed by atoms with Gasteiger partial charge >= 0.3 is 0 Å². The summed E-state index contributed by atoms with van der Waals surface area (Å²) in [5.41, 5.74) is 0.262. The van der Waals surface area contributed by atoms with Crippen molar-refractivity contribution in [1.29, 1.82) is 0 Å². The fourth-order valence-corrected chi connectivity index (χ4v) is 4.77. The Morgan fingerprint density at radius 1 is 1.17 bits per heavy atom. The summed E-state index contributed by atoms with van der Waals surface area (Å²) in [4.78, 5) is 12.6. The van der Waals surface area contributed by atoms with Crippen molar-refractivity contribution >= 4 is 21.6 Å². The lowest BCUT2D eigenvalue weighted by Gasteiger charge is -2.26. The van der Waals surface area contributed by atoms with E-state index in [0.717, 1.165) is 6.42 Å². The molecule has 7 nitrogen and oxygen atoms in total. The van der Waals surface area contributed by atoms with E-state index in [0.29, 0.717) is 24.9 Å². The van der Waals surface area contributed by atoms with E-state index in [4.69, 9.17) is 9.47 Å². The van der Waals surface area contributed by atoms with Gasteiger partial charge in [-0.3, -0.25) is 4.79 Å². The summed E-state index contributed by atoms with van der Waals surface area (Å²) in [5, 5.41) is 2.80. The summed E-state index contributed by atoms with van der Waals surface area (Å²) < 4.78 is 51.6. The number of carbonyl (C=O) groups is 1. The summed E-state index contributed by atoms with van der Waals surface area (Å²) in [6, 6.07) is 9.80. The van der Waals surface area contributed by atoms with E-state index in [1.54, 1.807) is 0 Å². The van der Waals surface area contributed by atoms with Gasteiger partial charge in [0.2, 0.25) is 15.9 Å². The van der Waals surface area contributed by atoms with Gasteiger partial charge in [0.15, 0.2) is 5.75 Å². The van der Waals surface area contributed by atoms with Crippen molar-refractivity contribution in [2.75, 3.05) is 31.6 Å². The third-order valence-electron chi connectivity index (χ3n) is 5.30. The van der Waals surface area contributed by atoms with Crippen molar-refractivity contribution in [3.63, 3.8) is 0 Å². The van der Waals surface area contributed by atoms with E-state index in [1.807, 2.05) is 6.92 Å². The van der Waals surface area contributed by atoms with Crippen LogP contribution in [0.5, 0.6) is 11.5 Å². The van der Waals surface area contributed by atoms with E-state index in [9.17, 15) is 17.6 Å². The molecule has 2 aromatic carbocycles. The van der Waals surface area contributed by atoms with Gasteiger partial charge in [-0.2, -0.15) is 4.31 Å². The van der Waals surface area contributed by atoms with Crippen LogP contribution in [-0.4, -0.2) is 44.9 Å². The lowest BCUT2D eigenvalue weighted by atomic mass is 10.2. The van der Waals surface area contributed by atoms with Crippen LogP contribution in [0.3, 0.4) is 0 Å². The molecule has 9 heteroatoms. The molecule has 1 heterocycles. The number of halogens is 1. The molecule has 160 valence electrons. The molecule has 0 aromatic heterocycles. The van der Waals surface area contributed by atoms with Gasteiger partial charge in [0.25, 0.3) is 0 Å². The number of nitrogens with one attached hydrogen (secondary N) is 1. The topological polar surface area (TPSA) is 84.9 Å². The molecule has 1 aliphatic heterocycles. The van der Waals surface area contributed by atoms with Crippen LogP contribution in [0.1, 0.15) is 13.3 Å². The van der Waals surface area contributed by atoms with Crippen LogP contribution in [0, 0.1) is 17.7 Å². The van der Waals surface area contributed by atoms with Gasteiger partial charge in [0, 0.05) is 19.0 Å². The smallest absolute Gasteiger partial charge is 0.243 e. The first-order chi connectivity index (χ1) is 14.3. The Morgan fingerprint density at radius 2 is 1.83 bits per heavy atom. The number of hydrogen-bond acceptors (Lipinski definition) is 5. The molecular formula is C21H23FN2O5S. The molecule has 0 unspecified atom stereocenters. The number of rotatable bonds is 6. The number of benzene rings is 2. The Balaban J connectivity index is 1.65. The molecule has 0 spiro atoms. The fourth-order valence-electron chi connectivity index (χ4n) is 3.33. The Bertz CT molecular complexity index is 1040. The minimum Gasteiger partial charge on any atom is -0.455 e. The lowest BCUT2D eigenvalue weighted by Crippen LogP contribution is -2.40. The minimum atomic E-state index is -3.73.